The number of benzene rings is 3. The minimum absolute atomic E-state index is 0.312. The number of halogens is 1. The van der Waals surface area contributed by atoms with E-state index in [2.05, 4.69) is 0 Å². The van der Waals surface area contributed by atoms with Crippen LogP contribution in [0.1, 0.15) is 22.7 Å². The molecule has 1 atom stereocenters. The van der Waals surface area contributed by atoms with Gasteiger partial charge in [0.05, 0.1) is 6.04 Å². The van der Waals surface area contributed by atoms with Gasteiger partial charge in [0.2, 0.25) is 0 Å². The van der Waals surface area contributed by atoms with Crippen molar-refractivity contribution in [2.24, 2.45) is 0 Å². The van der Waals surface area contributed by atoms with E-state index < -0.39 is 17.8 Å². The molecule has 0 radical (unpaired) electrons. The zero-order valence-electron chi connectivity index (χ0n) is 15.3. The molecule has 0 spiro atoms. The zero-order chi connectivity index (χ0) is 19.5. The van der Waals surface area contributed by atoms with Crippen LogP contribution in [-0.2, 0) is 11.2 Å². The average Bonchev–Trinajstić information content (AvgIpc) is 2.98. The standard InChI is InChI=1S/C24H20FNO2/c25-20-14-8-7-13-19(20)22-21(18-11-5-2-6-12-18)23(27)24(28)26(22)16-15-17-9-3-1-4-10-17/h1-14,22,27H,15-16H2. The molecule has 1 N–H and O–H groups in total. The maximum atomic E-state index is 14.7. The molecule has 28 heavy (non-hydrogen) atoms. The lowest BCUT2D eigenvalue weighted by atomic mass is 9.93. The number of aliphatic hydroxyl groups excluding tert-OH is 1. The SMILES string of the molecule is O=C1C(O)=C(c2ccccc2)C(c2ccccc2F)N1CCc1ccccc1. The zero-order valence-corrected chi connectivity index (χ0v) is 15.3. The van der Waals surface area contributed by atoms with Crippen molar-refractivity contribution < 1.29 is 14.3 Å². The summed E-state index contributed by atoms with van der Waals surface area (Å²) in [6.07, 6.45) is 0.618. The predicted molar refractivity (Wildman–Crippen MR) is 107 cm³/mol. The first-order chi connectivity index (χ1) is 13.7. The van der Waals surface area contributed by atoms with Crippen LogP contribution in [0.4, 0.5) is 4.39 Å². The first kappa shape index (κ1) is 18.0. The summed E-state index contributed by atoms with van der Waals surface area (Å²) in [5, 5.41) is 10.7. The Hall–Kier alpha value is -3.40. The third-order valence-corrected chi connectivity index (χ3v) is 5.07. The van der Waals surface area contributed by atoms with E-state index in [1.807, 2.05) is 60.7 Å². The molecule has 1 aliphatic heterocycles. The predicted octanol–water partition coefficient (Wildman–Crippen LogP) is 4.92. The van der Waals surface area contributed by atoms with Crippen molar-refractivity contribution in [2.45, 2.75) is 12.5 Å². The number of carbonyl (C=O) groups is 1. The van der Waals surface area contributed by atoms with Crippen LogP contribution < -0.4 is 0 Å². The molecule has 1 heterocycles. The summed E-state index contributed by atoms with van der Waals surface area (Å²) in [5.41, 5.74) is 2.62. The first-order valence-electron chi connectivity index (χ1n) is 9.24. The summed E-state index contributed by atoms with van der Waals surface area (Å²) >= 11 is 0. The fraction of sp³-hybridized carbons (Fsp3) is 0.125. The van der Waals surface area contributed by atoms with Gasteiger partial charge >= 0.3 is 0 Å². The molecule has 0 saturated carbocycles. The van der Waals surface area contributed by atoms with Gasteiger partial charge in [0, 0.05) is 17.7 Å². The van der Waals surface area contributed by atoms with Crippen LogP contribution in [0.2, 0.25) is 0 Å². The minimum Gasteiger partial charge on any atom is -0.503 e. The molecule has 3 aromatic rings. The maximum absolute atomic E-state index is 14.7. The van der Waals surface area contributed by atoms with Crippen LogP contribution in [0, 0.1) is 5.82 Å². The van der Waals surface area contributed by atoms with Crippen LogP contribution in [0.3, 0.4) is 0 Å². The van der Waals surface area contributed by atoms with E-state index in [0.29, 0.717) is 29.7 Å². The van der Waals surface area contributed by atoms with Crippen molar-refractivity contribution in [3.8, 4) is 0 Å². The van der Waals surface area contributed by atoms with Gasteiger partial charge in [-0.1, -0.05) is 78.9 Å². The molecule has 140 valence electrons. The molecule has 0 saturated heterocycles. The summed E-state index contributed by atoms with van der Waals surface area (Å²) in [6.45, 7) is 0.377. The number of hydrogen-bond acceptors (Lipinski definition) is 2. The average molecular weight is 373 g/mol. The first-order valence-corrected chi connectivity index (χ1v) is 9.24. The Labute approximate surface area is 163 Å². The number of rotatable bonds is 5. The van der Waals surface area contributed by atoms with E-state index in [1.54, 1.807) is 23.1 Å². The Morgan fingerprint density at radius 3 is 2.14 bits per heavy atom. The fourth-order valence-electron chi connectivity index (χ4n) is 3.71. The lowest BCUT2D eigenvalue weighted by Gasteiger charge is -2.27. The summed E-state index contributed by atoms with van der Waals surface area (Å²) < 4.78 is 14.7. The molecular weight excluding hydrogens is 353 g/mol. The van der Waals surface area contributed by atoms with E-state index in [-0.39, 0.29) is 5.76 Å². The van der Waals surface area contributed by atoms with Crippen molar-refractivity contribution in [2.75, 3.05) is 6.54 Å². The fourth-order valence-corrected chi connectivity index (χ4v) is 3.71. The molecule has 1 aliphatic rings. The summed E-state index contributed by atoms with van der Waals surface area (Å²) in [6, 6.07) is 24.8. The maximum Gasteiger partial charge on any atom is 0.289 e. The number of nitrogens with zero attached hydrogens (tertiary/aromatic N) is 1. The summed E-state index contributed by atoms with van der Waals surface area (Å²) in [7, 11) is 0. The number of hydrogen-bond donors (Lipinski definition) is 1. The Morgan fingerprint density at radius 2 is 1.46 bits per heavy atom. The quantitative estimate of drug-likeness (QED) is 0.690. The van der Waals surface area contributed by atoms with Gasteiger partial charge in [0.15, 0.2) is 5.76 Å². The van der Waals surface area contributed by atoms with E-state index in [4.69, 9.17) is 0 Å². The van der Waals surface area contributed by atoms with Gasteiger partial charge in [-0.25, -0.2) is 4.39 Å². The molecule has 3 nitrogen and oxygen atoms in total. The number of aliphatic hydroxyl groups is 1. The monoisotopic (exact) mass is 373 g/mol. The number of amides is 1. The second kappa shape index (κ2) is 7.69. The van der Waals surface area contributed by atoms with Gasteiger partial charge in [0.25, 0.3) is 5.91 Å². The highest BCUT2D eigenvalue weighted by Gasteiger charge is 2.41. The normalized spacial score (nSPS) is 16.7. The van der Waals surface area contributed by atoms with Crippen LogP contribution >= 0.6 is 0 Å². The molecule has 1 unspecified atom stereocenters. The van der Waals surface area contributed by atoms with Crippen LogP contribution in [0.25, 0.3) is 5.57 Å². The van der Waals surface area contributed by atoms with Gasteiger partial charge < -0.3 is 10.0 Å². The molecular formula is C24H20FNO2. The Balaban J connectivity index is 1.75. The van der Waals surface area contributed by atoms with Crippen molar-refractivity contribution in [3.63, 3.8) is 0 Å². The van der Waals surface area contributed by atoms with Crippen molar-refractivity contribution in [3.05, 3.63) is 113 Å². The summed E-state index contributed by atoms with van der Waals surface area (Å²) in [4.78, 5) is 14.5. The van der Waals surface area contributed by atoms with Gasteiger partial charge in [-0.3, -0.25) is 4.79 Å². The topological polar surface area (TPSA) is 40.5 Å². The van der Waals surface area contributed by atoms with Crippen molar-refractivity contribution in [1.82, 2.24) is 4.90 Å². The molecule has 1 amide bonds. The Kier molecular flexibility index (Phi) is 4.94. The van der Waals surface area contributed by atoms with E-state index in [1.165, 1.54) is 6.07 Å². The molecule has 0 aliphatic carbocycles. The van der Waals surface area contributed by atoms with E-state index in [0.717, 1.165) is 5.56 Å². The van der Waals surface area contributed by atoms with Crippen molar-refractivity contribution in [1.29, 1.82) is 0 Å². The van der Waals surface area contributed by atoms with Crippen LogP contribution in [0.15, 0.2) is 90.7 Å². The molecule has 0 bridgehead atoms. The highest BCUT2D eigenvalue weighted by atomic mass is 19.1. The second-order valence-electron chi connectivity index (χ2n) is 6.79. The van der Waals surface area contributed by atoms with Gasteiger partial charge in [-0.2, -0.15) is 0 Å². The molecule has 0 aromatic heterocycles. The number of carbonyl (C=O) groups excluding carboxylic acids is 1. The molecule has 4 heteroatoms. The van der Waals surface area contributed by atoms with Gasteiger partial charge in [-0.15, -0.1) is 0 Å². The highest BCUT2D eigenvalue weighted by molar-refractivity contribution is 6.05. The van der Waals surface area contributed by atoms with Gasteiger partial charge in [-0.05, 0) is 23.6 Å². The summed E-state index contributed by atoms with van der Waals surface area (Å²) in [5.74, 6) is -1.18. The highest BCUT2D eigenvalue weighted by Crippen LogP contribution is 2.43. The Bertz CT molecular complexity index is 1020. The van der Waals surface area contributed by atoms with Gasteiger partial charge in [0.1, 0.15) is 5.82 Å². The smallest absolute Gasteiger partial charge is 0.289 e. The molecule has 4 rings (SSSR count). The Morgan fingerprint density at radius 1 is 0.857 bits per heavy atom. The lowest BCUT2D eigenvalue weighted by molar-refractivity contribution is -0.129. The molecule has 3 aromatic carbocycles. The largest absolute Gasteiger partial charge is 0.503 e. The van der Waals surface area contributed by atoms with Crippen molar-refractivity contribution >= 4 is 11.5 Å². The van der Waals surface area contributed by atoms with E-state index >= 15 is 0 Å². The van der Waals surface area contributed by atoms with Crippen LogP contribution in [-0.4, -0.2) is 22.5 Å². The molecule has 0 fully saturated rings. The lowest BCUT2D eigenvalue weighted by Crippen LogP contribution is -2.32. The second-order valence-corrected chi connectivity index (χ2v) is 6.79. The minimum atomic E-state index is -0.667. The third kappa shape index (κ3) is 3.29. The van der Waals surface area contributed by atoms with Crippen LogP contribution in [0.5, 0.6) is 0 Å². The third-order valence-electron chi connectivity index (χ3n) is 5.07. The van der Waals surface area contributed by atoms with E-state index in [9.17, 15) is 14.3 Å².